The molecule has 0 saturated carbocycles. The monoisotopic (exact) mass is 577 g/mol. The summed E-state index contributed by atoms with van der Waals surface area (Å²) in [6.07, 6.45) is 1.81. The summed E-state index contributed by atoms with van der Waals surface area (Å²) in [6.45, 7) is 6.08. The van der Waals surface area contributed by atoms with E-state index in [-0.39, 0.29) is 24.0 Å². The largest absolute Gasteiger partial charge is 0.380 e. The van der Waals surface area contributed by atoms with Crippen LogP contribution in [0.3, 0.4) is 0 Å². The van der Waals surface area contributed by atoms with Crippen LogP contribution in [0.5, 0.6) is 0 Å². The predicted octanol–water partition coefficient (Wildman–Crippen LogP) is 2.68. The summed E-state index contributed by atoms with van der Waals surface area (Å²) >= 11 is 0. The standard InChI is InChI=1S/C32H31N7O4/c1-20-18-38(27-11-9-23(15-33)17-35-27)14-13-37(20)19-22-7-5-21(6-8-22)16-34-25-4-2-3-24-29(25)32(43)39(31(24)42)26-10-12-28(40)36-30(26)41/h2-9,11,17,20,26,34H,10,12-14,16,18-19H2,1H3,(H,36,40,41)/t20-,26?/m1/s1. The van der Waals surface area contributed by atoms with Crippen LogP contribution in [0.15, 0.2) is 60.8 Å². The minimum Gasteiger partial charge on any atom is -0.380 e. The average Bonchev–Trinajstić information content (AvgIpc) is 3.27. The molecule has 3 aliphatic rings. The lowest BCUT2D eigenvalue weighted by atomic mass is 10.0. The first kappa shape index (κ1) is 28.1. The second-order valence-electron chi connectivity index (χ2n) is 11.1. The zero-order valence-corrected chi connectivity index (χ0v) is 23.7. The molecule has 6 rings (SSSR count). The number of amides is 4. The maximum absolute atomic E-state index is 13.3. The summed E-state index contributed by atoms with van der Waals surface area (Å²) in [5, 5.41) is 14.5. The highest BCUT2D eigenvalue weighted by Crippen LogP contribution is 2.32. The van der Waals surface area contributed by atoms with Crippen molar-refractivity contribution in [2.75, 3.05) is 29.9 Å². The van der Waals surface area contributed by atoms with E-state index in [2.05, 4.69) is 62.7 Å². The summed E-state index contributed by atoms with van der Waals surface area (Å²) in [7, 11) is 0. The van der Waals surface area contributed by atoms with Gasteiger partial charge in [0.15, 0.2) is 0 Å². The molecular formula is C32H31N7O4. The number of nitrogens with one attached hydrogen (secondary N) is 2. The van der Waals surface area contributed by atoms with Gasteiger partial charge >= 0.3 is 0 Å². The third-order valence-corrected chi connectivity index (χ3v) is 8.33. The molecule has 4 amide bonds. The number of nitriles is 1. The lowest BCUT2D eigenvalue weighted by Gasteiger charge is -2.40. The van der Waals surface area contributed by atoms with Crippen molar-refractivity contribution in [2.45, 2.75) is 44.9 Å². The van der Waals surface area contributed by atoms with Crippen LogP contribution in [0.4, 0.5) is 11.5 Å². The average molecular weight is 578 g/mol. The lowest BCUT2D eigenvalue weighted by Crippen LogP contribution is -2.54. The van der Waals surface area contributed by atoms with E-state index in [0.717, 1.165) is 42.5 Å². The van der Waals surface area contributed by atoms with Crippen LogP contribution in [-0.4, -0.2) is 70.1 Å². The summed E-state index contributed by atoms with van der Waals surface area (Å²) < 4.78 is 0. The van der Waals surface area contributed by atoms with Gasteiger partial charge in [-0.05, 0) is 48.7 Å². The molecule has 43 heavy (non-hydrogen) atoms. The van der Waals surface area contributed by atoms with E-state index in [0.29, 0.717) is 23.8 Å². The van der Waals surface area contributed by atoms with E-state index < -0.39 is 29.7 Å². The first-order chi connectivity index (χ1) is 20.8. The maximum Gasteiger partial charge on any atom is 0.264 e. The number of carbonyl (C=O) groups is 4. The van der Waals surface area contributed by atoms with Gasteiger partial charge in [0.2, 0.25) is 11.8 Å². The number of benzene rings is 2. The first-order valence-corrected chi connectivity index (χ1v) is 14.3. The highest BCUT2D eigenvalue weighted by Gasteiger charge is 2.45. The number of fused-ring (bicyclic) bond motifs is 1. The number of anilines is 2. The number of hydrogen-bond acceptors (Lipinski definition) is 9. The molecule has 3 aromatic rings. The third kappa shape index (κ3) is 5.57. The minimum atomic E-state index is -0.996. The molecule has 2 fully saturated rings. The number of aromatic nitrogens is 1. The molecule has 218 valence electrons. The van der Waals surface area contributed by atoms with E-state index in [1.807, 2.05) is 6.07 Å². The van der Waals surface area contributed by atoms with Crippen LogP contribution in [0, 0.1) is 11.3 Å². The van der Waals surface area contributed by atoms with Crippen molar-refractivity contribution >= 4 is 35.1 Å². The number of rotatable bonds is 7. The predicted molar refractivity (Wildman–Crippen MR) is 158 cm³/mol. The number of hydrogen-bond donors (Lipinski definition) is 2. The van der Waals surface area contributed by atoms with Crippen molar-refractivity contribution in [1.82, 2.24) is 20.1 Å². The van der Waals surface area contributed by atoms with Gasteiger partial charge in [0.05, 0.1) is 16.7 Å². The Hall–Kier alpha value is -5.08. The maximum atomic E-state index is 13.3. The second-order valence-corrected chi connectivity index (χ2v) is 11.1. The van der Waals surface area contributed by atoms with E-state index in [4.69, 9.17) is 5.26 Å². The number of nitrogens with zero attached hydrogens (tertiary/aromatic N) is 5. The fourth-order valence-electron chi connectivity index (χ4n) is 5.93. The Morgan fingerprint density at radius 2 is 1.79 bits per heavy atom. The van der Waals surface area contributed by atoms with Gasteiger partial charge < -0.3 is 10.2 Å². The first-order valence-electron chi connectivity index (χ1n) is 14.3. The molecule has 0 bridgehead atoms. The molecule has 2 saturated heterocycles. The van der Waals surface area contributed by atoms with Crippen molar-refractivity contribution in [2.24, 2.45) is 0 Å². The summed E-state index contributed by atoms with van der Waals surface area (Å²) in [5.41, 5.74) is 3.80. The summed E-state index contributed by atoms with van der Waals surface area (Å²) in [5.74, 6) is -1.19. The molecule has 0 radical (unpaired) electrons. The van der Waals surface area contributed by atoms with Crippen molar-refractivity contribution < 1.29 is 19.2 Å². The second kappa shape index (κ2) is 11.7. The van der Waals surface area contributed by atoms with Crippen LogP contribution < -0.4 is 15.5 Å². The topological polar surface area (TPSA) is 139 Å². The van der Waals surface area contributed by atoms with Crippen LogP contribution in [0.2, 0.25) is 0 Å². The number of pyridine rings is 1. The lowest BCUT2D eigenvalue weighted by molar-refractivity contribution is -0.136. The van der Waals surface area contributed by atoms with Crippen LogP contribution in [0.25, 0.3) is 0 Å². The number of piperidine rings is 1. The van der Waals surface area contributed by atoms with Crippen molar-refractivity contribution in [3.8, 4) is 6.07 Å². The summed E-state index contributed by atoms with van der Waals surface area (Å²) in [6, 6.07) is 18.5. The summed E-state index contributed by atoms with van der Waals surface area (Å²) in [4.78, 5) is 60.5. The Morgan fingerprint density at radius 3 is 2.49 bits per heavy atom. The molecule has 4 heterocycles. The fraction of sp³-hybridized carbons (Fsp3) is 0.312. The van der Waals surface area contributed by atoms with Gasteiger partial charge in [-0.25, -0.2) is 4.98 Å². The minimum absolute atomic E-state index is 0.0795. The molecule has 1 aromatic heterocycles. The molecular weight excluding hydrogens is 546 g/mol. The Labute approximate surface area is 249 Å². The highest BCUT2D eigenvalue weighted by molar-refractivity contribution is 6.25. The van der Waals surface area contributed by atoms with Crippen LogP contribution >= 0.6 is 0 Å². The van der Waals surface area contributed by atoms with Crippen molar-refractivity contribution in [3.63, 3.8) is 0 Å². The zero-order chi connectivity index (χ0) is 30.1. The van der Waals surface area contributed by atoms with Crippen molar-refractivity contribution in [1.29, 1.82) is 5.26 Å². The molecule has 11 heteroatoms. The Morgan fingerprint density at radius 1 is 1.00 bits per heavy atom. The fourth-order valence-corrected chi connectivity index (χ4v) is 5.93. The van der Waals surface area contributed by atoms with E-state index in [1.165, 1.54) is 5.56 Å². The molecule has 2 aromatic carbocycles. The Bertz CT molecular complexity index is 1630. The van der Waals surface area contributed by atoms with Gasteiger partial charge in [0.25, 0.3) is 11.8 Å². The van der Waals surface area contributed by atoms with Gasteiger partial charge in [0.1, 0.15) is 17.9 Å². The van der Waals surface area contributed by atoms with Gasteiger partial charge in [0, 0.05) is 57.1 Å². The van der Waals surface area contributed by atoms with Gasteiger partial charge in [-0.15, -0.1) is 0 Å². The zero-order valence-electron chi connectivity index (χ0n) is 23.7. The van der Waals surface area contributed by atoms with Crippen LogP contribution in [-0.2, 0) is 22.7 Å². The van der Waals surface area contributed by atoms with Crippen molar-refractivity contribution in [3.05, 3.63) is 88.6 Å². The quantitative estimate of drug-likeness (QED) is 0.406. The molecule has 0 aliphatic carbocycles. The third-order valence-electron chi connectivity index (χ3n) is 8.33. The molecule has 2 atom stereocenters. The molecule has 3 aliphatic heterocycles. The SMILES string of the molecule is C[C@@H]1CN(c2ccc(C#N)cn2)CCN1Cc1ccc(CNc2cccc3c2C(=O)N(C2CCC(=O)NC2=O)C3=O)cc1. The normalized spacial score (nSPS) is 20.6. The molecule has 0 spiro atoms. The van der Waals surface area contributed by atoms with E-state index >= 15 is 0 Å². The molecule has 11 nitrogen and oxygen atoms in total. The Kier molecular flexibility index (Phi) is 7.61. The van der Waals surface area contributed by atoms with Crippen LogP contribution in [0.1, 0.15) is 57.2 Å². The number of piperazine rings is 1. The van der Waals surface area contributed by atoms with E-state index in [1.54, 1.807) is 30.5 Å². The number of carbonyl (C=O) groups excluding carboxylic acids is 4. The Balaban J connectivity index is 1.06. The number of imide groups is 2. The van der Waals surface area contributed by atoms with Gasteiger partial charge in [-0.3, -0.25) is 34.3 Å². The van der Waals surface area contributed by atoms with Gasteiger partial charge in [-0.2, -0.15) is 5.26 Å². The molecule has 2 N–H and O–H groups in total. The van der Waals surface area contributed by atoms with Gasteiger partial charge in [-0.1, -0.05) is 30.3 Å². The highest BCUT2D eigenvalue weighted by atomic mass is 16.2. The van der Waals surface area contributed by atoms with E-state index in [9.17, 15) is 19.2 Å². The smallest absolute Gasteiger partial charge is 0.264 e. The molecule has 1 unspecified atom stereocenters.